The number of anilines is 1. The molecule has 194 valence electrons. The lowest BCUT2D eigenvalue weighted by Gasteiger charge is -2.25. The minimum atomic E-state index is -3.91. The molecule has 0 bridgehead atoms. The van der Waals surface area contributed by atoms with Gasteiger partial charge in [0.1, 0.15) is 23.0 Å². The Labute approximate surface area is 211 Å². The molecule has 12 heteroatoms. The van der Waals surface area contributed by atoms with Crippen molar-refractivity contribution in [3.63, 3.8) is 0 Å². The first-order valence-corrected chi connectivity index (χ1v) is 13.5. The van der Waals surface area contributed by atoms with Crippen LogP contribution in [0.3, 0.4) is 0 Å². The number of rotatable bonds is 9. The summed E-state index contributed by atoms with van der Waals surface area (Å²) in [6, 6.07) is 5.27. The van der Waals surface area contributed by atoms with Gasteiger partial charge in [-0.2, -0.15) is 0 Å². The van der Waals surface area contributed by atoms with E-state index in [1.54, 1.807) is 63.2 Å². The molecular weight excluding hydrogens is 482 g/mol. The van der Waals surface area contributed by atoms with E-state index in [4.69, 9.17) is 9.47 Å². The maximum absolute atomic E-state index is 13.5. The quantitative estimate of drug-likeness (QED) is 0.441. The summed E-state index contributed by atoms with van der Waals surface area (Å²) in [4.78, 5) is 8.64. The fourth-order valence-electron chi connectivity index (χ4n) is 4.27. The summed E-state index contributed by atoms with van der Waals surface area (Å²) >= 11 is 0. The van der Waals surface area contributed by atoms with Gasteiger partial charge in [-0.1, -0.05) is 19.4 Å². The molecule has 3 atom stereocenters. The van der Waals surface area contributed by atoms with Crippen LogP contribution in [0.5, 0.6) is 11.5 Å². The molecule has 0 spiro atoms. The number of hydrogen-bond donors (Lipinski definition) is 2. The van der Waals surface area contributed by atoms with Gasteiger partial charge in [0.25, 0.3) is 0 Å². The molecule has 1 saturated heterocycles. The molecule has 1 aliphatic rings. The van der Waals surface area contributed by atoms with E-state index in [0.29, 0.717) is 28.8 Å². The van der Waals surface area contributed by atoms with E-state index in [1.165, 1.54) is 0 Å². The molecule has 1 fully saturated rings. The van der Waals surface area contributed by atoms with Crippen LogP contribution in [0.25, 0.3) is 5.69 Å². The van der Waals surface area contributed by atoms with Crippen LogP contribution in [0.2, 0.25) is 0 Å². The molecule has 0 unspecified atom stereocenters. The highest BCUT2D eigenvalue weighted by atomic mass is 32.2. The number of sulfonamides is 1. The highest BCUT2D eigenvalue weighted by molar-refractivity contribution is 7.93. The topological polar surface area (TPSA) is 133 Å². The number of piperidine rings is 1. The molecule has 0 aliphatic carbocycles. The zero-order valence-corrected chi connectivity index (χ0v) is 22.0. The lowest BCUT2D eigenvalue weighted by molar-refractivity contribution is 0.379. The molecule has 2 aromatic heterocycles. The van der Waals surface area contributed by atoms with Crippen molar-refractivity contribution in [2.75, 3.05) is 25.5 Å². The third-order valence-electron chi connectivity index (χ3n) is 6.57. The van der Waals surface area contributed by atoms with Gasteiger partial charge in [0.2, 0.25) is 16.0 Å². The fourth-order valence-corrected chi connectivity index (χ4v) is 5.50. The second-order valence-electron chi connectivity index (χ2n) is 8.99. The Hall–Kier alpha value is -3.25. The first-order valence-electron chi connectivity index (χ1n) is 12.0. The van der Waals surface area contributed by atoms with Gasteiger partial charge in [-0.05, 0) is 50.9 Å². The van der Waals surface area contributed by atoms with Crippen molar-refractivity contribution in [2.24, 2.45) is 0 Å². The number of aromatic nitrogens is 5. The predicted octanol–water partition coefficient (Wildman–Crippen LogP) is 3.13. The number of hydrogen-bond acceptors (Lipinski definition) is 9. The Balaban J connectivity index is 1.77. The summed E-state index contributed by atoms with van der Waals surface area (Å²) in [7, 11) is -0.809. The van der Waals surface area contributed by atoms with Gasteiger partial charge in [0.15, 0.2) is 5.82 Å². The van der Waals surface area contributed by atoms with Gasteiger partial charge < -0.3 is 14.8 Å². The van der Waals surface area contributed by atoms with Crippen molar-refractivity contribution in [1.29, 1.82) is 0 Å². The molecule has 11 nitrogen and oxygen atoms in total. The number of nitrogens with one attached hydrogen (secondary N) is 2. The maximum Gasteiger partial charge on any atom is 0.243 e. The second-order valence-corrected chi connectivity index (χ2v) is 11.0. The Morgan fingerprint density at radius 3 is 2.33 bits per heavy atom. The highest BCUT2D eigenvalue weighted by Gasteiger charge is 2.33. The van der Waals surface area contributed by atoms with E-state index in [0.717, 1.165) is 31.4 Å². The summed E-state index contributed by atoms with van der Waals surface area (Å²) < 4.78 is 42.7. The van der Waals surface area contributed by atoms with Crippen molar-refractivity contribution < 1.29 is 17.9 Å². The van der Waals surface area contributed by atoms with Gasteiger partial charge >= 0.3 is 0 Å². The van der Waals surface area contributed by atoms with Crippen molar-refractivity contribution in [1.82, 2.24) is 30.0 Å². The standard InChI is InChI=1S/C24H33N7O4S/c1-15-13-26-22(27-14-15)16(2)17(3)36(32,33)30-24-29-28-23(18-9-6-7-12-25-18)31(24)21-19(34-4)10-8-11-20(21)35-5/h8,10-11,13-14,16-18,25H,6-7,9,12H2,1-5H3,(H,29,30)/t16-,17-,18+/m0/s1. The Bertz CT molecular complexity index is 1270. The Morgan fingerprint density at radius 1 is 1.08 bits per heavy atom. The molecule has 3 heterocycles. The summed E-state index contributed by atoms with van der Waals surface area (Å²) in [6.45, 7) is 6.14. The first-order chi connectivity index (χ1) is 17.3. The zero-order valence-electron chi connectivity index (χ0n) is 21.2. The molecular formula is C24H33N7O4S. The van der Waals surface area contributed by atoms with Crippen LogP contribution in [0, 0.1) is 6.92 Å². The number of aryl methyl sites for hydroxylation is 1. The summed E-state index contributed by atoms with van der Waals surface area (Å²) in [5, 5.41) is 11.3. The van der Waals surface area contributed by atoms with Crippen LogP contribution < -0.4 is 19.5 Å². The number of nitrogens with zero attached hydrogens (tertiary/aromatic N) is 5. The lowest BCUT2D eigenvalue weighted by Crippen LogP contribution is -2.32. The molecule has 0 saturated carbocycles. The van der Waals surface area contributed by atoms with E-state index in [1.807, 2.05) is 6.92 Å². The summed E-state index contributed by atoms with van der Waals surface area (Å²) in [5.41, 5.74) is 1.43. The lowest BCUT2D eigenvalue weighted by atomic mass is 10.0. The summed E-state index contributed by atoms with van der Waals surface area (Å²) in [6.07, 6.45) is 6.30. The van der Waals surface area contributed by atoms with E-state index >= 15 is 0 Å². The first kappa shape index (κ1) is 25.8. The number of benzene rings is 1. The molecule has 0 amide bonds. The number of ether oxygens (including phenoxy) is 2. The van der Waals surface area contributed by atoms with Gasteiger partial charge in [-0.3, -0.25) is 9.29 Å². The summed E-state index contributed by atoms with van der Waals surface area (Å²) in [5.74, 6) is 1.64. The van der Waals surface area contributed by atoms with E-state index in [9.17, 15) is 8.42 Å². The van der Waals surface area contributed by atoms with Gasteiger partial charge in [-0.15, -0.1) is 10.2 Å². The molecule has 1 aromatic carbocycles. The van der Waals surface area contributed by atoms with Gasteiger partial charge in [-0.25, -0.2) is 18.4 Å². The third-order valence-corrected chi connectivity index (χ3v) is 8.43. The van der Waals surface area contributed by atoms with Crippen LogP contribution in [0.15, 0.2) is 30.6 Å². The minimum absolute atomic E-state index is 0.0593. The van der Waals surface area contributed by atoms with Crippen molar-refractivity contribution in [2.45, 2.75) is 57.2 Å². The molecule has 4 rings (SSSR count). The Kier molecular flexibility index (Phi) is 7.74. The van der Waals surface area contributed by atoms with Gasteiger partial charge in [0, 0.05) is 18.3 Å². The minimum Gasteiger partial charge on any atom is -0.494 e. The highest BCUT2D eigenvalue weighted by Crippen LogP contribution is 2.38. The Morgan fingerprint density at radius 2 is 1.75 bits per heavy atom. The van der Waals surface area contributed by atoms with Crippen molar-refractivity contribution in [3.05, 3.63) is 47.8 Å². The molecule has 1 aliphatic heterocycles. The largest absolute Gasteiger partial charge is 0.494 e. The number of methoxy groups -OCH3 is 2. The van der Waals surface area contributed by atoms with Crippen molar-refractivity contribution >= 4 is 16.0 Å². The predicted molar refractivity (Wildman–Crippen MR) is 136 cm³/mol. The monoisotopic (exact) mass is 515 g/mol. The average Bonchev–Trinajstić information content (AvgIpc) is 3.30. The van der Waals surface area contributed by atoms with Crippen LogP contribution >= 0.6 is 0 Å². The van der Waals surface area contributed by atoms with Crippen LogP contribution in [-0.4, -0.2) is 59.2 Å². The number of para-hydroxylation sites is 1. The fraction of sp³-hybridized carbons (Fsp3) is 0.500. The SMILES string of the molecule is COc1cccc(OC)c1-n1c(NS(=O)(=O)[C@@H](C)[C@H](C)c2ncc(C)cn2)nnc1[C@H]1CCCCN1. The normalized spacial score (nSPS) is 17.9. The molecule has 3 aromatic rings. The van der Waals surface area contributed by atoms with E-state index in [-0.39, 0.29) is 12.0 Å². The van der Waals surface area contributed by atoms with Crippen LogP contribution in [0.1, 0.15) is 62.3 Å². The smallest absolute Gasteiger partial charge is 0.243 e. The molecule has 2 N–H and O–H groups in total. The van der Waals surface area contributed by atoms with E-state index < -0.39 is 21.2 Å². The van der Waals surface area contributed by atoms with Crippen LogP contribution in [-0.2, 0) is 10.0 Å². The third kappa shape index (κ3) is 5.14. The zero-order chi connectivity index (χ0) is 25.9. The second kappa shape index (κ2) is 10.8. The average molecular weight is 516 g/mol. The van der Waals surface area contributed by atoms with Crippen LogP contribution in [0.4, 0.5) is 5.95 Å². The van der Waals surface area contributed by atoms with E-state index in [2.05, 4.69) is 30.2 Å². The van der Waals surface area contributed by atoms with Gasteiger partial charge in [0.05, 0.1) is 25.5 Å². The molecule has 0 radical (unpaired) electrons. The maximum atomic E-state index is 13.5. The molecule has 36 heavy (non-hydrogen) atoms. The van der Waals surface area contributed by atoms with Crippen molar-refractivity contribution in [3.8, 4) is 17.2 Å².